The molecule has 0 aliphatic rings. The average Bonchev–Trinajstić information content (AvgIpc) is 3.51. The first-order valence-corrected chi connectivity index (χ1v) is 20.2. The fourth-order valence-electron chi connectivity index (χ4n) is 6.54. The molecule has 0 bridgehead atoms. The fraction of sp³-hybridized carbons (Fsp3) is 0.458. The van der Waals surface area contributed by atoms with Crippen LogP contribution in [0.1, 0.15) is 120 Å². The molecule has 1 radical (unpaired) electrons. The van der Waals surface area contributed by atoms with Gasteiger partial charge in [-0.2, -0.15) is 13.2 Å². The topological polar surface area (TPSA) is 50.2 Å². The second kappa shape index (κ2) is 18.1. The summed E-state index contributed by atoms with van der Waals surface area (Å²) in [6.45, 7) is 22.9. The molecule has 3 aromatic carbocycles. The zero-order chi connectivity index (χ0) is 42.0. The number of thiophene rings is 1. The van der Waals surface area contributed by atoms with Gasteiger partial charge in [-0.15, -0.1) is 40.5 Å². The number of hydrogen-bond acceptors (Lipinski definition) is 4. The van der Waals surface area contributed by atoms with Crippen LogP contribution in [0.15, 0.2) is 78.7 Å². The molecular formula is C48H59F3IrNO2S-. The Morgan fingerprint density at radius 3 is 1.96 bits per heavy atom. The number of rotatable bonds is 11. The van der Waals surface area contributed by atoms with E-state index in [4.69, 9.17) is 6.35 Å². The molecule has 0 fully saturated rings. The Morgan fingerprint density at radius 2 is 1.43 bits per heavy atom. The number of aliphatic hydroxyl groups excluding tert-OH is 1. The van der Waals surface area contributed by atoms with Crippen molar-refractivity contribution in [2.24, 2.45) is 16.2 Å². The van der Waals surface area contributed by atoms with Crippen molar-refractivity contribution in [3.63, 3.8) is 0 Å². The van der Waals surface area contributed by atoms with Crippen LogP contribution in [0, 0.1) is 29.2 Å². The van der Waals surface area contributed by atoms with Crippen LogP contribution in [-0.2, 0) is 36.7 Å². The van der Waals surface area contributed by atoms with E-state index in [-0.39, 0.29) is 49.5 Å². The predicted octanol–water partition coefficient (Wildman–Crippen LogP) is 15.0. The number of aliphatic hydroxyl groups is 1. The van der Waals surface area contributed by atoms with E-state index in [1.165, 1.54) is 24.8 Å². The van der Waals surface area contributed by atoms with E-state index in [0.29, 0.717) is 18.4 Å². The van der Waals surface area contributed by atoms with Crippen LogP contribution in [-0.4, -0.2) is 22.1 Å². The van der Waals surface area contributed by atoms with Crippen molar-refractivity contribution >= 4 is 38.0 Å². The maximum atomic E-state index is 13.4. The quantitative estimate of drug-likeness (QED) is 0.0815. The summed E-state index contributed by atoms with van der Waals surface area (Å²) in [6.07, 6.45) is 0.372. The standard InChI is InChI=1S/C33H31F3NS.C15H28O2.Ir/c1-20-25-15-16-37-28(24-17-23-9-7-8-10-26(23)27(18-24)31(2,3)4)30(25)38-29(20)22-13-11-21(12-14-22)19-32(5,6)33(34,35)36;1-7-14(5,8-2)12(16)11-13(17)15(6,9-3)10-4;/h7-16,18H,19H2,1-6H3;11,16H,7-10H2,1-6H3;/q-1;;/b;12-11-;/i;11D;. The number of aryl methyl sites for hydroxylation is 1. The first-order chi connectivity index (χ1) is 26.0. The van der Waals surface area contributed by atoms with Crippen molar-refractivity contribution in [2.75, 3.05) is 0 Å². The van der Waals surface area contributed by atoms with Crippen LogP contribution in [0.25, 0.3) is 42.6 Å². The van der Waals surface area contributed by atoms with Gasteiger partial charge in [0.15, 0.2) is 5.78 Å². The second-order valence-electron chi connectivity index (χ2n) is 17.1. The Bertz CT molecular complexity index is 2210. The van der Waals surface area contributed by atoms with Crippen molar-refractivity contribution in [1.82, 2.24) is 4.98 Å². The van der Waals surface area contributed by atoms with E-state index < -0.39 is 22.4 Å². The van der Waals surface area contributed by atoms with Crippen LogP contribution in [0.2, 0.25) is 0 Å². The molecule has 0 aliphatic carbocycles. The van der Waals surface area contributed by atoms with Crippen molar-refractivity contribution in [1.29, 1.82) is 0 Å². The molecule has 0 spiro atoms. The van der Waals surface area contributed by atoms with Gasteiger partial charge in [-0.1, -0.05) is 130 Å². The van der Waals surface area contributed by atoms with Gasteiger partial charge in [0.05, 0.1) is 6.79 Å². The minimum Gasteiger partial charge on any atom is -0.512 e. The van der Waals surface area contributed by atoms with E-state index >= 15 is 0 Å². The maximum Gasteiger partial charge on any atom is 0.394 e. The summed E-state index contributed by atoms with van der Waals surface area (Å²) < 4.78 is 49.2. The van der Waals surface area contributed by atoms with Gasteiger partial charge >= 0.3 is 6.18 Å². The van der Waals surface area contributed by atoms with Crippen molar-refractivity contribution < 1.29 is 44.5 Å². The molecule has 0 saturated carbocycles. The van der Waals surface area contributed by atoms with Gasteiger partial charge in [-0.3, -0.25) is 9.78 Å². The third-order valence-corrected chi connectivity index (χ3v) is 13.2. The number of carbonyl (C=O) groups excluding carboxylic acids is 1. The summed E-state index contributed by atoms with van der Waals surface area (Å²) in [5, 5.41) is 13.6. The number of hydrogen-bond donors (Lipinski definition) is 1. The van der Waals surface area contributed by atoms with Gasteiger partial charge in [0.25, 0.3) is 0 Å². The summed E-state index contributed by atoms with van der Waals surface area (Å²) in [5.41, 5.74) is 3.14. The molecule has 0 unspecified atom stereocenters. The molecule has 305 valence electrons. The minimum atomic E-state index is -4.25. The molecule has 0 saturated heterocycles. The van der Waals surface area contributed by atoms with E-state index in [2.05, 4.69) is 58.0 Å². The van der Waals surface area contributed by atoms with Crippen molar-refractivity contribution in [3.8, 4) is 21.7 Å². The summed E-state index contributed by atoms with van der Waals surface area (Å²) in [4.78, 5) is 18.3. The van der Waals surface area contributed by atoms with Gasteiger partial charge in [-0.05, 0) is 72.6 Å². The summed E-state index contributed by atoms with van der Waals surface area (Å²) in [7, 11) is 0. The van der Waals surface area contributed by atoms with Crippen molar-refractivity contribution in [3.05, 3.63) is 101 Å². The molecule has 3 nitrogen and oxygen atoms in total. The number of fused-ring (bicyclic) bond motifs is 2. The van der Waals surface area contributed by atoms with Gasteiger partial charge in [0.1, 0.15) is 5.76 Å². The minimum absolute atomic E-state index is 0. The van der Waals surface area contributed by atoms with E-state index in [1.807, 2.05) is 84.1 Å². The Labute approximate surface area is 352 Å². The molecule has 8 heteroatoms. The molecule has 5 rings (SSSR count). The average molecular weight is 964 g/mol. The summed E-state index contributed by atoms with van der Waals surface area (Å²) in [5.74, 6) is -0.288. The molecule has 0 atom stereocenters. The van der Waals surface area contributed by atoms with Crippen LogP contribution < -0.4 is 0 Å². The van der Waals surface area contributed by atoms with E-state index in [9.17, 15) is 23.1 Å². The predicted molar refractivity (Wildman–Crippen MR) is 227 cm³/mol. The Kier molecular flexibility index (Phi) is 14.7. The number of carbonyl (C=O) groups is 1. The number of aromatic nitrogens is 1. The molecule has 2 heterocycles. The Balaban J connectivity index is 0.000000390. The zero-order valence-corrected chi connectivity index (χ0v) is 38.3. The summed E-state index contributed by atoms with van der Waals surface area (Å²) in [6, 6.07) is 23.5. The fourth-order valence-corrected chi connectivity index (χ4v) is 7.85. The molecule has 56 heavy (non-hydrogen) atoms. The van der Waals surface area contributed by atoms with Gasteiger partial charge < -0.3 is 5.11 Å². The van der Waals surface area contributed by atoms with Crippen molar-refractivity contribution in [2.45, 2.75) is 127 Å². The molecule has 0 amide bonds. The van der Waals surface area contributed by atoms with Crippen LogP contribution in [0.3, 0.4) is 0 Å². The Hall–Kier alpha value is -3.32. The largest absolute Gasteiger partial charge is 0.512 e. The summed E-state index contributed by atoms with van der Waals surface area (Å²) >= 11 is 1.68. The Morgan fingerprint density at radius 1 is 0.857 bits per heavy atom. The SMILES string of the molecule is Cc1c(-c2ccc(CC(C)(C)C(F)(F)F)cc2)sc2c(-c3[c-]c4ccccc4c(C(C)(C)C)c3)nccc12.[2H]/C(C(=O)C(C)(CC)CC)=C(/O)C(C)(CC)CC.[Ir]. The normalized spacial score (nSPS) is 13.4. The van der Waals surface area contributed by atoms with Gasteiger partial charge in [0.2, 0.25) is 0 Å². The smallest absolute Gasteiger partial charge is 0.394 e. The number of pyridine rings is 1. The molecule has 2 aromatic heterocycles. The zero-order valence-electron chi connectivity index (χ0n) is 36.1. The number of benzene rings is 3. The van der Waals surface area contributed by atoms with Gasteiger partial charge in [0, 0.05) is 58.5 Å². The number of ketones is 1. The van der Waals surface area contributed by atoms with Crippen LogP contribution >= 0.6 is 11.3 Å². The monoisotopic (exact) mass is 964 g/mol. The molecule has 5 aromatic rings. The molecule has 0 aliphatic heterocycles. The second-order valence-corrected chi connectivity index (χ2v) is 18.1. The first-order valence-electron chi connectivity index (χ1n) is 19.9. The van der Waals surface area contributed by atoms with Crippen LogP contribution in [0.4, 0.5) is 13.2 Å². The number of halogens is 3. The molecule has 1 N–H and O–H groups in total. The number of allylic oxidation sites excluding steroid dienone is 2. The van der Waals surface area contributed by atoms with Gasteiger partial charge in [-0.25, -0.2) is 0 Å². The molecular weight excluding hydrogens is 904 g/mol. The maximum absolute atomic E-state index is 13.4. The van der Waals surface area contributed by atoms with E-state index in [1.54, 1.807) is 11.3 Å². The first kappa shape index (κ1) is 45.4. The third-order valence-electron chi connectivity index (χ3n) is 11.8. The van der Waals surface area contributed by atoms with E-state index in [0.717, 1.165) is 55.6 Å². The third kappa shape index (κ3) is 10.0. The number of alkyl halides is 3. The number of nitrogens with zero attached hydrogens (tertiary/aromatic N) is 1. The van der Waals surface area contributed by atoms with Crippen LogP contribution in [0.5, 0.6) is 0 Å².